The maximum atomic E-state index is 12.3. The molecule has 0 radical (unpaired) electrons. The maximum Gasteiger partial charge on any atom is 0.232 e. The molecule has 1 aromatic rings. The molecule has 1 fully saturated rings. The van der Waals surface area contributed by atoms with Gasteiger partial charge in [-0.05, 0) is 24.9 Å². The molecule has 6 nitrogen and oxygen atoms in total. The van der Waals surface area contributed by atoms with E-state index in [0.717, 1.165) is 13.0 Å². The molecule has 3 heterocycles. The van der Waals surface area contributed by atoms with Crippen molar-refractivity contribution >= 4 is 29.0 Å². The standard InChI is InChI=1S/C13H17ClN4O2/c1-3-4-18-9-6-20-5-8(9)12(19)16-10-7(2)15-13(14)17-11(10)18/h8-9H,3-6H2,1-2H3,(H,16,19). The molecule has 108 valence electrons. The van der Waals surface area contributed by atoms with Gasteiger partial charge in [0.2, 0.25) is 11.2 Å². The van der Waals surface area contributed by atoms with Gasteiger partial charge in [-0.25, -0.2) is 4.98 Å². The Kier molecular flexibility index (Phi) is 3.52. The molecular weight excluding hydrogens is 280 g/mol. The number of nitrogens with zero attached hydrogens (tertiary/aromatic N) is 3. The number of aromatic nitrogens is 2. The summed E-state index contributed by atoms with van der Waals surface area (Å²) in [7, 11) is 0. The van der Waals surface area contributed by atoms with Gasteiger partial charge in [0.05, 0.1) is 30.9 Å². The number of nitrogens with one attached hydrogen (secondary N) is 1. The Morgan fingerprint density at radius 2 is 2.25 bits per heavy atom. The lowest BCUT2D eigenvalue weighted by Crippen LogP contribution is -2.43. The summed E-state index contributed by atoms with van der Waals surface area (Å²) in [6.45, 7) is 5.72. The third kappa shape index (κ3) is 2.13. The van der Waals surface area contributed by atoms with Gasteiger partial charge in [-0.15, -0.1) is 0 Å². The lowest BCUT2D eigenvalue weighted by atomic mass is 10.0. The van der Waals surface area contributed by atoms with Crippen LogP contribution in [0, 0.1) is 12.8 Å². The summed E-state index contributed by atoms with van der Waals surface area (Å²) in [5.74, 6) is 0.506. The molecule has 1 N–H and O–H groups in total. The molecule has 3 rings (SSSR count). The van der Waals surface area contributed by atoms with Crippen molar-refractivity contribution in [2.75, 3.05) is 30.0 Å². The van der Waals surface area contributed by atoms with E-state index in [4.69, 9.17) is 16.3 Å². The van der Waals surface area contributed by atoms with E-state index in [0.29, 0.717) is 30.4 Å². The number of aryl methyl sites for hydroxylation is 1. The molecule has 1 aromatic heterocycles. The van der Waals surface area contributed by atoms with Crippen molar-refractivity contribution in [2.24, 2.45) is 5.92 Å². The van der Waals surface area contributed by atoms with Gasteiger partial charge in [-0.3, -0.25) is 4.79 Å². The average molecular weight is 297 g/mol. The molecule has 2 unspecified atom stereocenters. The Morgan fingerprint density at radius 1 is 1.45 bits per heavy atom. The smallest absolute Gasteiger partial charge is 0.232 e. The van der Waals surface area contributed by atoms with Gasteiger partial charge in [0.15, 0.2) is 5.82 Å². The van der Waals surface area contributed by atoms with E-state index in [-0.39, 0.29) is 23.2 Å². The Hall–Kier alpha value is -1.40. The first-order chi connectivity index (χ1) is 9.61. The van der Waals surface area contributed by atoms with Gasteiger partial charge < -0.3 is 15.0 Å². The van der Waals surface area contributed by atoms with E-state index in [2.05, 4.69) is 27.1 Å². The largest absolute Gasteiger partial charge is 0.378 e. The lowest BCUT2D eigenvalue weighted by molar-refractivity contribution is -0.120. The average Bonchev–Trinajstić information content (AvgIpc) is 2.84. The number of amides is 1. The molecule has 20 heavy (non-hydrogen) atoms. The second-order valence-electron chi connectivity index (χ2n) is 5.17. The second-order valence-corrected chi connectivity index (χ2v) is 5.51. The maximum absolute atomic E-state index is 12.3. The highest BCUT2D eigenvalue weighted by Gasteiger charge is 2.42. The van der Waals surface area contributed by atoms with E-state index in [1.807, 2.05) is 6.92 Å². The highest BCUT2D eigenvalue weighted by molar-refractivity contribution is 6.28. The molecule has 2 aliphatic rings. The molecule has 0 saturated carbocycles. The number of hydrogen-bond donors (Lipinski definition) is 1. The van der Waals surface area contributed by atoms with Crippen LogP contribution in [-0.2, 0) is 9.53 Å². The quantitative estimate of drug-likeness (QED) is 0.840. The number of rotatable bonds is 2. The minimum atomic E-state index is -0.172. The molecule has 0 bridgehead atoms. The first-order valence-corrected chi connectivity index (χ1v) is 7.19. The molecule has 2 atom stereocenters. The number of halogens is 1. The van der Waals surface area contributed by atoms with E-state index in [1.165, 1.54) is 0 Å². The second kappa shape index (κ2) is 5.18. The van der Waals surface area contributed by atoms with Crippen LogP contribution >= 0.6 is 11.6 Å². The number of anilines is 2. The van der Waals surface area contributed by atoms with Gasteiger partial charge in [-0.2, -0.15) is 4.98 Å². The summed E-state index contributed by atoms with van der Waals surface area (Å²) in [6.07, 6.45) is 0.956. The predicted octanol–water partition coefficient (Wildman–Crippen LogP) is 1.62. The summed E-state index contributed by atoms with van der Waals surface area (Å²) in [5.41, 5.74) is 1.36. The number of ether oxygens (including phenoxy) is 1. The molecule has 0 aromatic carbocycles. The summed E-state index contributed by atoms with van der Waals surface area (Å²) < 4.78 is 5.49. The SMILES string of the molecule is CCCN1c2nc(Cl)nc(C)c2NC(=O)C2COCC21. The van der Waals surface area contributed by atoms with Crippen LogP contribution in [0.1, 0.15) is 19.0 Å². The van der Waals surface area contributed by atoms with Crippen LogP contribution in [-0.4, -0.2) is 41.7 Å². The first kappa shape index (κ1) is 13.6. The van der Waals surface area contributed by atoms with E-state index in [9.17, 15) is 4.79 Å². The monoisotopic (exact) mass is 296 g/mol. The van der Waals surface area contributed by atoms with Crippen LogP contribution in [0.15, 0.2) is 0 Å². The Bertz CT molecular complexity index is 551. The zero-order chi connectivity index (χ0) is 14.3. The highest BCUT2D eigenvalue weighted by Crippen LogP contribution is 2.36. The molecule has 2 aliphatic heterocycles. The summed E-state index contributed by atoms with van der Waals surface area (Å²) in [6, 6.07) is 0.0153. The van der Waals surface area contributed by atoms with E-state index >= 15 is 0 Å². The minimum Gasteiger partial charge on any atom is -0.378 e. The minimum absolute atomic E-state index is 0.0153. The summed E-state index contributed by atoms with van der Waals surface area (Å²) in [4.78, 5) is 22.9. The van der Waals surface area contributed by atoms with Gasteiger partial charge in [-0.1, -0.05) is 6.92 Å². The van der Waals surface area contributed by atoms with Crippen LogP contribution in [0.4, 0.5) is 11.5 Å². The number of hydrogen-bond acceptors (Lipinski definition) is 5. The Balaban J connectivity index is 2.13. The van der Waals surface area contributed by atoms with E-state index < -0.39 is 0 Å². The highest BCUT2D eigenvalue weighted by atomic mass is 35.5. The van der Waals surface area contributed by atoms with Crippen LogP contribution in [0.3, 0.4) is 0 Å². The predicted molar refractivity (Wildman–Crippen MR) is 76.1 cm³/mol. The van der Waals surface area contributed by atoms with Crippen molar-refractivity contribution in [1.29, 1.82) is 0 Å². The zero-order valence-electron chi connectivity index (χ0n) is 11.5. The third-order valence-corrected chi connectivity index (χ3v) is 3.98. The fourth-order valence-electron chi connectivity index (χ4n) is 2.86. The molecule has 7 heteroatoms. The van der Waals surface area contributed by atoms with Crippen molar-refractivity contribution in [3.8, 4) is 0 Å². The van der Waals surface area contributed by atoms with Gasteiger partial charge in [0.25, 0.3) is 0 Å². The van der Waals surface area contributed by atoms with Gasteiger partial charge in [0, 0.05) is 6.54 Å². The van der Waals surface area contributed by atoms with Crippen molar-refractivity contribution < 1.29 is 9.53 Å². The molecular formula is C13H17ClN4O2. The fraction of sp³-hybridized carbons (Fsp3) is 0.615. The van der Waals surface area contributed by atoms with Crippen LogP contribution in [0.5, 0.6) is 0 Å². The lowest BCUT2D eigenvalue weighted by Gasteiger charge is -2.30. The van der Waals surface area contributed by atoms with Gasteiger partial charge in [0.1, 0.15) is 5.69 Å². The van der Waals surface area contributed by atoms with Crippen molar-refractivity contribution in [2.45, 2.75) is 26.3 Å². The molecule has 1 saturated heterocycles. The topological polar surface area (TPSA) is 67.4 Å². The first-order valence-electron chi connectivity index (χ1n) is 6.81. The Labute approximate surface area is 122 Å². The van der Waals surface area contributed by atoms with Crippen LogP contribution < -0.4 is 10.2 Å². The van der Waals surface area contributed by atoms with E-state index in [1.54, 1.807) is 0 Å². The fourth-order valence-corrected chi connectivity index (χ4v) is 3.07. The number of fused-ring (bicyclic) bond motifs is 2. The summed E-state index contributed by atoms with van der Waals surface area (Å²) >= 11 is 5.99. The van der Waals surface area contributed by atoms with Crippen molar-refractivity contribution in [1.82, 2.24) is 9.97 Å². The molecule has 0 spiro atoms. The number of carbonyl (C=O) groups excluding carboxylic acids is 1. The summed E-state index contributed by atoms with van der Waals surface area (Å²) in [5, 5.41) is 3.14. The normalized spacial score (nSPS) is 24.9. The van der Waals surface area contributed by atoms with Gasteiger partial charge >= 0.3 is 0 Å². The van der Waals surface area contributed by atoms with Crippen molar-refractivity contribution in [3.63, 3.8) is 0 Å². The van der Waals surface area contributed by atoms with Crippen LogP contribution in [0.2, 0.25) is 5.28 Å². The van der Waals surface area contributed by atoms with Crippen molar-refractivity contribution in [3.05, 3.63) is 11.0 Å². The zero-order valence-corrected chi connectivity index (χ0v) is 12.3. The Morgan fingerprint density at radius 3 is 3.00 bits per heavy atom. The molecule has 0 aliphatic carbocycles. The number of carbonyl (C=O) groups is 1. The van der Waals surface area contributed by atoms with Crippen LogP contribution in [0.25, 0.3) is 0 Å². The molecule has 1 amide bonds. The third-order valence-electron chi connectivity index (χ3n) is 3.82.